The van der Waals surface area contributed by atoms with Crippen molar-refractivity contribution >= 4 is 5.91 Å². The van der Waals surface area contributed by atoms with E-state index >= 15 is 0 Å². The fourth-order valence-electron chi connectivity index (χ4n) is 2.69. The van der Waals surface area contributed by atoms with E-state index in [-0.39, 0.29) is 12.0 Å². The average Bonchev–Trinajstić information content (AvgIpc) is 3.03. The van der Waals surface area contributed by atoms with Gasteiger partial charge < -0.3 is 9.64 Å². The summed E-state index contributed by atoms with van der Waals surface area (Å²) in [6.45, 7) is 3.96. The molecule has 1 aliphatic heterocycles. The van der Waals surface area contributed by atoms with Crippen molar-refractivity contribution < 1.29 is 9.53 Å². The Labute approximate surface area is 130 Å². The number of hydrogen-bond acceptors (Lipinski definition) is 3. The summed E-state index contributed by atoms with van der Waals surface area (Å²) < 4.78 is 5.61. The highest BCUT2D eigenvalue weighted by Gasteiger charge is 2.25. The first kappa shape index (κ1) is 14.8. The van der Waals surface area contributed by atoms with E-state index in [1.165, 1.54) is 5.56 Å². The van der Waals surface area contributed by atoms with E-state index in [1.54, 1.807) is 0 Å². The molecule has 1 atom stereocenters. The number of nitrogens with one attached hydrogen (secondary N) is 1. The van der Waals surface area contributed by atoms with Crippen LogP contribution < -0.4 is 0 Å². The van der Waals surface area contributed by atoms with Crippen molar-refractivity contribution in [3.05, 3.63) is 53.3 Å². The third-order valence-electron chi connectivity index (χ3n) is 3.97. The number of aromatic amines is 1. The molecule has 1 aromatic carbocycles. The Balaban J connectivity index is 1.66. The van der Waals surface area contributed by atoms with Gasteiger partial charge in [0.1, 0.15) is 5.69 Å². The summed E-state index contributed by atoms with van der Waals surface area (Å²) in [6, 6.07) is 12.0. The van der Waals surface area contributed by atoms with Crippen LogP contribution >= 0.6 is 0 Å². The molecular weight excluding hydrogens is 278 g/mol. The Kier molecular flexibility index (Phi) is 4.53. The van der Waals surface area contributed by atoms with Crippen molar-refractivity contribution in [2.45, 2.75) is 25.9 Å². The van der Waals surface area contributed by atoms with Crippen LogP contribution in [0.2, 0.25) is 0 Å². The molecule has 1 aliphatic rings. The molecule has 22 heavy (non-hydrogen) atoms. The van der Waals surface area contributed by atoms with Crippen LogP contribution in [-0.4, -0.2) is 46.8 Å². The number of carbonyl (C=O) groups excluding carboxylic acids is 1. The number of aromatic nitrogens is 2. The van der Waals surface area contributed by atoms with E-state index in [2.05, 4.69) is 29.3 Å². The van der Waals surface area contributed by atoms with Gasteiger partial charge in [0, 0.05) is 25.2 Å². The van der Waals surface area contributed by atoms with E-state index in [4.69, 9.17) is 4.74 Å². The van der Waals surface area contributed by atoms with Crippen LogP contribution in [0.5, 0.6) is 0 Å². The van der Waals surface area contributed by atoms with Crippen molar-refractivity contribution in [3.63, 3.8) is 0 Å². The zero-order valence-electron chi connectivity index (χ0n) is 12.8. The van der Waals surface area contributed by atoms with Crippen molar-refractivity contribution in [1.29, 1.82) is 0 Å². The van der Waals surface area contributed by atoms with Crippen LogP contribution in [0, 0.1) is 0 Å². The first-order valence-corrected chi connectivity index (χ1v) is 7.75. The highest BCUT2D eigenvalue weighted by molar-refractivity contribution is 5.92. The van der Waals surface area contributed by atoms with E-state index in [9.17, 15) is 4.79 Å². The molecule has 1 saturated heterocycles. The fraction of sp³-hybridized carbons (Fsp3) is 0.412. The van der Waals surface area contributed by atoms with Crippen LogP contribution in [0.15, 0.2) is 36.4 Å². The maximum Gasteiger partial charge on any atom is 0.274 e. The van der Waals surface area contributed by atoms with Crippen molar-refractivity contribution in [3.8, 4) is 0 Å². The van der Waals surface area contributed by atoms with E-state index in [1.807, 2.05) is 29.2 Å². The number of benzene rings is 1. The lowest BCUT2D eigenvalue weighted by Crippen LogP contribution is -2.45. The highest BCUT2D eigenvalue weighted by Crippen LogP contribution is 2.13. The Morgan fingerprint density at radius 2 is 2.23 bits per heavy atom. The molecular formula is C17H21N3O2. The Bertz CT molecular complexity index is 624. The summed E-state index contributed by atoms with van der Waals surface area (Å²) >= 11 is 0. The zero-order chi connectivity index (χ0) is 15.4. The lowest BCUT2D eigenvalue weighted by atomic mass is 10.1. The van der Waals surface area contributed by atoms with Gasteiger partial charge in [-0.2, -0.15) is 5.10 Å². The molecule has 2 aromatic rings. The highest BCUT2D eigenvalue weighted by atomic mass is 16.5. The number of carbonyl (C=O) groups is 1. The molecule has 0 bridgehead atoms. The second-order valence-electron chi connectivity index (χ2n) is 5.59. The third kappa shape index (κ3) is 3.36. The number of nitrogens with zero attached hydrogens (tertiary/aromatic N) is 2. The van der Waals surface area contributed by atoms with Crippen molar-refractivity contribution in [2.24, 2.45) is 0 Å². The normalized spacial score (nSPS) is 18.4. The van der Waals surface area contributed by atoms with E-state index in [0.29, 0.717) is 25.4 Å². The molecule has 2 heterocycles. The second kappa shape index (κ2) is 6.75. The summed E-state index contributed by atoms with van der Waals surface area (Å²) in [5.41, 5.74) is 2.64. The van der Waals surface area contributed by atoms with Gasteiger partial charge in [-0.25, -0.2) is 0 Å². The lowest BCUT2D eigenvalue weighted by molar-refractivity contribution is -0.0228. The predicted octanol–water partition coefficient (Wildman–Crippen LogP) is 2.25. The summed E-state index contributed by atoms with van der Waals surface area (Å²) in [6.07, 6.45) is 1.81. The quantitative estimate of drug-likeness (QED) is 0.942. The minimum absolute atomic E-state index is 0.0164. The molecule has 0 saturated carbocycles. The molecule has 116 valence electrons. The molecule has 1 amide bonds. The van der Waals surface area contributed by atoms with E-state index in [0.717, 1.165) is 18.5 Å². The van der Waals surface area contributed by atoms with Gasteiger partial charge >= 0.3 is 0 Å². The molecule has 0 aliphatic carbocycles. The van der Waals surface area contributed by atoms with Gasteiger partial charge in [0.25, 0.3) is 5.91 Å². The van der Waals surface area contributed by atoms with Gasteiger partial charge in [-0.3, -0.25) is 9.89 Å². The Hall–Kier alpha value is -2.14. The van der Waals surface area contributed by atoms with Crippen LogP contribution in [0.3, 0.4) is 0 Å². The van der Waals surface area contributed by atoms with Gasteiger partial charge in [0.2, 0.25) is 0 Å². The zero-order valence-corrected chi connectivity index (χ0v) is 12.8. The topological polar surface area (TPSA) is 58.2 Å². The second-order valence-corrected chi connectivity index (χ2v) is 5.59. The predicted molar refractivity (Wildman–Crippen MR) is 83.8 cm³/mol. The third-order valence-corrected chi connectivity index (χ3v) is 3.97. The smallest absolute Gasteiger partial charge is 0.274 e. The molecule has 0 radical (unpaired) electrons. The van der Waals surface area contributed by atoms with Crippen LogP contribution in [0.25, 0.3) is 0 Å². The maximum absolute atomic E-state index is 12.5. The van der Waals surface area contributed by atoms with Gasteiger partial charge in [0.15, 0.2) is 0 Å². The first-order chi connectivity index (χ1) is 10.8. The molecule has 5 nitrogen and oxygen atoms in total. The summed E-state index contributed by atoms with van der Waals surface area (Å²) in [4.78, 5) is 14.3. The molecule has 3 rings (SSSR count). The van der Waals surface area contributed by atoms with Gasteiger partial charge in [-0.1, -0.05) is 37.3 Å². The standard InChI is InChI=1S/C17H21N3O2/c1-2-15-12-20(8-9-22-15)17(21)16-11-14(18-19-16)10-13-6-4-3-5-7-13/h3-7,11,15H,2,8-10,12H2,1H3,(H,18,19). The minimum atomic E-state index is -0.0164. The van der Waals surface area contributed by atoms with Gasteiger partial charge in [-0.15, -0.1) is 0 Å². The van der Waals surface area contributed by atoms with Crippen molar-refractivity contribution in [2.75, 3.05) is 19.7 Å². The SMILES string of the molecule is CCC1CN(C(=O)c2cc(Cc3ccccc3)[nH]n2)CCO1. The number of H-pyrrole nitrogens is 1. The summed E-state index contributed by atoms with van der Waals surface area (Å²) in [5.74, 6) is -0.0164. The van der Waals surface area contributed by atoms with Crippen LogP contribution in [0.4, 0.5) is 0 Å². The monoisotopic (exact) mass is 299 g/mol. The number of amides is 1. The minimum Gasteiger partial charge on any atom is -0.375 e. The fourth-order valence-corrected chi connectivity index (χ4v) is 2.69. The van der Waals surface area contributed by atoms with Crippen LogP contribution in [-0.2, 0) is 11.2 Å². The number of hydrogen-bond donors (Lipinski definition) is 1. The van der Waals surface area contributed by atoms with Crippen LogP contribution in [0.1, 0.15) is 35.1 Å². The molecule has 0 spiro atoms. The maximum atomic E-state index is 12.5. The Morgan fingerprint density at radius 3 is 3.00 bits per heavy atom. The average molecular weight is 299 g/mol. The van der Waals surface area contributed by atoms with Gasteiger partial charge in [0.05, 0.1) is 12.7 Å². The van der Waals surface area contributed by atoms with Crippen molar-refractivity contribution in [1.82, 2.24) is 15.1 Å². The first-order valence-electron chi connectivity index (χ1n) is 7.75. The number of rotatable bonds is 4. The van der Waals surface area contributed by atoms with Gasteiger partial charge in [-0.05, 0) is 18.1 Å². The molecule has 5 heteroatoms. The summed E-state index contributed by atoms with van der Waals surface area (Å²) in [5, 5.41) is 7.15. The molecule has 1 aromatic heterocycles. The molecule has 1 N–H and O–H groups in total. The number of ether oxygens (including phenoxy) is 1. The Morgan fingerprint density at radius 1 is 1.41 bits per heavy atom. The lowest BCUT2D eigenvalue weighted by Gasteiger charge is -2.31. The molecule has 1 fully saturated rings. The summed E-state index contributed by atoms with van der Waals surface area (Å²) in [7, 11) is 0. The molecule has 1 unspecified atom stereocenters. The largest absolute Gasteiger partial charge is 0.375 e. The number of morpholine rings is 1. The van der Waals surface area contributed by atoms with E-state index < -0.39 is 0 Å².